The van der Waals surface area contributed by atoms with E-state index in [0.717, 1.165) is 33.9 Å². The minimum Gasteiger partial charge on any atom is -0.423 e. The van der Waals surface area contributed by atoms with Crippen LogP contribution in [0.25, 0.3) is 34.2 Å². The Morgan fingerprint density at radius 1 is 1.04 bits per heavy atom. The van der Waals surface area contributed by atoms with Gasteiger partial charge in [-0.25, -0.2) is 15.0 Å². The fourth-order valence-corrected chi connectivity index (χ4v) is 2.97. The number of hydrogen-bond donors (Lipinski definition) is 0. The lowest BCUT2D eigenvalue weighted by atomic mass is 10.1. The summed E-state index contributed by atoms with van der Waals surface area (Å²) in [4.78, 5) is 22.7. The van der Waals surface area contributed by atoms with Crippen molar-refractivity contribution in [3.8, 4) is 34.2 Å². The normalized spacial score (nSPS) is 12.3. The number of aliphatic imine (C=N–C) groups is 1. The van der Waals surface area contributed by atoms with Gasteiger partial charge in [0.15, 0.2) is 5.82 Å². The number of fused-ring (bicyclic) bond motifs is 1. The van der Waals surface area contributed by atoms with Crippen LogP contribution in [0.4, 0.5) is 5.69 Å². The molecule has 0 saturated heterocycles. The summed E-state index contributed by atoms with van der Waals surface area (Å²) in [6, 6.07) is 7.70. The van der Waals surface area contributed by atoms with Gasteiger partial charge in [-0.3, -0.25) is 9.98 Å². The molecule has 0 N–H and O–H groups in total. The van der Waals surface area contributed by atoms with Crippen LogP contribution in [0.2, 0.25) is 0 Å². The summed E-state index contributed by atoms with van der Waals surface area (Å²) in [5, 5.41) is 7.66. The summed E-state index contributed by atoms with van der Waals surface area (Å²) in [6.07, 6.45) is 7.21. The maximum atomic E-state index is 5.27. The molecule has 0 fully saturated rings. The van der Waals surface area contributed by atoms with E-state index in [1.54, 1.807) is 12.4 Å². The predicted molar refractivity (Wildman–Crippen MR) is 98.4 cm³/mol. The Kier molecular flexibility index (Phi) is 3.53. The van der Waals surface area contributed by atoms with Gasteiger partial charge in [0.25, 0.3) is 0 Å². The van der Waals surface area contributed by atoms with Gasteiger partial charge in [0, 0.05) is 36.3 Å². The van der Waals surface area contributed by atoms with Crippen LogP contribution in [0, 0.1) is 6.92 Å². The first-order chi connectivity index (χ1) is 13.3. The van der Waals surface area contributed by atoms with Gasteiger partial charge in [0.1, 0.15) is 17.1 Å². The molecule has 0 saturated carbocycles. The van der Waals surface area contributed by atoms with Gasteiger partial charge in [0.2, 0.25) is 12.3 Å². The minimum absolute atomic E-state index is 0.402. The molecule has 0 bridgehead atoms. The van der Waals surface area contributed by atoms with Crippen molar-refractivity contribution in [2.45, 2.75) is 13.3 Å². The van der Waals surface area contributed by atoms with Gasteiger partial charge in [-0.05, 0) is 25.1 Å². The van der Waals surface area contributed by atoms with E-state index in [-0.39, 0.29) is 0 Å². The first-order valence-corrected chi connectivity index (χ1v) is 8.37. The van der Waals surface area contributed by atoms with Crippen LogP contribution in [0.3, 0.4) is 0 Å². The van der Waals surface area contributed by atoms with Crippen molar-refractivity contribution in [2.24, 2.45) is 4.99 Å². The van der Waals surface area contributed by atoms with E-state index >= 15 is 0 Å². The first-order valence-electron chi connectivity index (χ1n) is 8.37. The van der Waals surface area contributed by atoms with Gasteiger partial charge < -0.3 is 4.42 Å². The van der Waals surface area contributed by atoms with Crippen LogP contribution in [-0.4, -0.2) is 36.3 Å². The molecule has 0 amide bonds. The third-order valence-corrected chi connectivity index (χ3v) is 4.20. The third-order valence-electron chi connectivity index (χ3n) is 4.20. The molecule has 1 aliphatic rings. The second-order valence-electron chi connectivity index (χ2n) is 6.08. The van der Waals surface area contributed by atoms with E-state index in [9.17, 15) is 0 Å². The highest BCUT2D eigenvalue weighted by Gasteiger charge is 2.20. The van der Waals surface area contributed by atoms with Crippen LogP contribution in [-0.2, 0) is 6.42 Å². The standard InChI is InChI=1S/C19H13N7O/c1-11-3-2-4-15(23-11)18-24-14-5-6-21-17(14)16(25-18)12-7-13(9-20-8-12)19-26-22-10-27-19/h2-4,6-10H,5H2,1H3. The Balaban J connectivity index is 1.68. The number of aryl methyl sites for hydroxylation is 1. The molecule has 5 rings (SSSR count). The molecule has 4 aromatic heterocycles. The smallest absolute Gasteiger partial charge is 0.249 e. The van der Waals surface area contributed by atoms with Crippen molar-refractivity contribution in [1.29, 1.82) is 0 Å². The molecule has 8 nitrogen and oxygen atoms in total. The molecular weight excluding hydrogens is 342 g/mol. The molecule has 0 atom stereocenters. The van der Waals surface area contributed by atoms with Gasteiger partial charge in [0.05, 0.1) is 11.3 Å². The van der Waals surface area contributed by atoms with E-state index in [0.29, 0.717) is 23.8 Å². The third kappa shape index (κ3) is 2.77. The van der Waals surface area contributed by atoms with Crippen LogP contribution >= 0.6 is 0 Å². The molecule has 1 aliphatic heterocycles. The largest absolute Gasteiger partial charge is 0.423 e. The highest BCUT2D eigenvalue weighted by atomic mass is 16.4. The van der Waals surface area contributed by atoms with Gasteiger partial charge in [-0.15, -0.1) is 10.2 Å². The van der Waals surface area contributed by atoms with E-state index in [2.05, 4.69) is 30.1 Å². The van der Waals surface area contributed by atoms with E-state index in [1.165, 1.54) is 6.39 Å². The van der Waals surface area contributed by atoms with Crippen molar-refractivity contribution < 1.29 is 4.42 Å². The quantitative estimate of drug-likeness (QED) is 0.556. The zero-order chi connectivity index (χ0) is 18.2. The molecule has 130 valence electrons. The van der Waals surface area contributed by atoms with E-state index in [1.807, 2.05) is 37.4 Å². The van der Waals surface area contributed by atoms with Gasteiger partial charge in [-0.1, -0.05) is 6.07 Å². The SMILES string of the molecule is Cc1cccc(-c2nc3c(c(-c4cncc(-c5nnco5)c4)n2)N=CC3)n1. The Labute approximate surface area is 154 Å². The molecule has 4 aromatic rings. The van der Waals surface area contributed by atoms with Crippen LogP contribution < -0.4 is 0 Å². The number of aromatic nitrogens is 6. The average Bonchev–Trinajstić information content (AvgIpc) is 3.39. The first kappa shape index (κ1) is 15.4. The number of pyridine rings is 2. The van der Waals surface area contributed by atoms with Gasteiger partial charge in [-0.2, -0.15) is 0 Å². The monoisotopic (exact) mass is 355 g/mol. The molecule has 0 aromatic carbocycles. The van der Waals surface area contributed by atoms with Crippen molar-refractivity contribution in [1.82, 2.24) is 30.1 Å². The highest BCUT2D eigenvalue weighted by molar-refractivity contribution is 5.85. The number of nitrogens with zero attached hydrogens (tertiary/aromatic N) is 7. The molecular formula is C19H13N7O. The topological polar surface area (TPSA) is 103 Å². The summed E-state index contributed by atoms with van der Waals surface area (Å²) in [5.74, 6) is 0.972. The average molecular weight is 355 g/mol. The molecule has 27 heavy (non-hydrogen) atoms. The lowest BCUT2D eigenvalue weighted by molar-refractivity contribution is 0.568. The second-order valence-corrected chi connectivity index (χ2v) is 6.08. The van der Waals surface area contributed by atoms with Crippen molar-refractivity contribution >= 4 is 11.9 Å². The fourth-order valence-electron chi connectivity index (χ4n) is 2.97. The molecule has 0 radical (unpaired) electrons. The fraction of sp³-hybridized carbons (Fsp3) is 0.105. The Morgan fingerprint density at radius 2 is 1.96 bits per heavy atom. The lowest BCUT2D eigenvalue weighted by Crippen LogP contribution is -1.99. The van der Waals surface area contributed by atoms with Crippen LogP contribution in [0.15, 0.2) is 52.5 Å². The summed E-state index contributed by atoms with van der Waals surface area (Å²) < 4.78 is 5.27. The summed E-state index contributed by atoms with van der Waals surface area (Å²) in [7, 11) is 0. The van der Waals surface area contributed by atoms with E-state index < -0.39 is 0 Å². The number of rotatable bonds is 3. The predicted octanol–water partition coefficient (Wildman–Crippen LogP) is 3.22. The lowest BCUT2D eigenvalue weighted by Gasteiger charge is -2.09. The van der Waals surface area contributed by atoms with Crippen molar-refractivity contribution in [2.75, 3.05) is 0 Å². The Morgan fingerprint density at radius 3 is 2.81 bits per heavy atom. The van der Waals surface area contributed by atoms with Crippen LogP contribution in [0.5, 0.6) is 0 Å². The molecule has 0 aliphatic carbocycles. The zero-order valence-electron chi connectivity index (χ0n) is 14.4. The van der Waals surface area contributed by atoms with E-state index in [4.69, 9.17) is 9.40 Å². The molecule has 0 spiro atoms. The Hall–Kier alpha value is -3.81. The van der Waals surface area contributed by atoms with Crippen molar-refractivity contribution in [3.05, 3.63) is 54.4 Å². The maximum absolute atomic E-state index is 5.27. The number of hydrogen-bond acceptors (Lipinski definition) is 8. The summed E-state index contributed by atoms with van der Waals surface area (Å²) in [5.41, 5.74) is 5.51. The van der Waals surface area contributed by atoms with Crippen molar-refractivity contribution in [3.63, 3.8) is 0 Å². The highest BCUT2D eigenvalue weighted by Crippen LogP contribution is 2.36. The summed E-state index contributed by atoms with van der Waals surface area (Å²) >= 11 is 0. The maximum Gasteiger partial charge on any atom is 0.249 e. The molecule has 5 heterocycles. The second kappa shape index (κ2) is 6.17. The molecule has 8 heteroatoms. The minimum atomic E-state index is 0.402. The zero-order valence-corrected chi connectivity index (χ0v) is 14.4. The molecule has 0 unspecified atom stereocenters. The Bertz CT molecular complexity index is 1170. The van der Waals surface area contributed by atoms with Crippen LogP contribution in [0.1, 0.15) is 11.4 Å². The summed E-state index contributed by atoms with van der Waals surface area (Å²) in [6.45, 7) is 1.94. The van der Waals surface area contributed by atoms with Gasteiger partial charge >= 0.3 is 0 Å².